The first-order valence-corrected chi connectivity index (χ1v) is 5.67. The van der Waals surface area contributed by atoms with Gasteiger partial charge in [-0.15, -0.1) is 12.4 Å². The minimum atomic E-state index is -1.02. The van der Waals surface area contributed by atoms with Gasteiger partial charge in [0.25, 0.3) is 5.91 Å². The predicted molar refractivity (Wildman–Crippen MR) is 73.4 cm³/mol. The van der Waals surface area contributed by atoms with Crippen LogP contribution in [-0.4, -0.2) is 30.9 Å². The molecule has 1 aromatic carbocycles. The molecule has 2 N–H and O–H groups in total. The molecule has 1 rings (SSSR count). The molecule has 3 nitrogen and oxygen atoms in total. The minimum Gasteiger partial charge on any atom is -0.341 e. The summed E-state index contributed by atoms with van der Waals surface area (Å²) in [6.45, 7) is 4.74. The maximum atomic E-state index is 13.0. The lowest BCUT2D eigenvalue weighted by molar-refractivity contribution is 0.0740. The third-order valence-electron chi connectivity index (χ3n) is 2.73. The second-order valence-electron chi connectivity index (χ2n) is 5.16. The number of carbonyl (C=O) groups is 1. The fraction of sp³-hybridized carbons (Fsp3) is 0.462. The summed E-state index contributed by atoms with van der Waals surface area (Å²) >= 11 is 0. The molecule has 0 radical (unpaired) electrons. The lowest BCUT2D eigenvalue weighted by atomic mass is 9.93. The van der Waals surface area contributed by atoms with Crippen LogP contribution in [0.4, 0.5) is 8.78 Å². The molecule has 0 unspecified atom stereocenters. The average molecular weight is 293 g/mol. The van der Waals surface area contributed by atoms with Crippen molar-refractivity contribution < 1.29 is 13.6 Å². The number of hydrogen-bond donors (Lipinski definition) is 1. The highest BCUT2D eigenvalue weighted by atomic mass is 35.5. The molecule has 108 valence electrons. The van der Waals surface area contributed by atoms with E-state index in [0.717, 1.165) is 12.1 Å². The summed E-state index contributed by atoms with van der Waals surface area (Å²) in [4.78, 5) is 13.5. The van der Waals surface area contributed by atoms with Crippen LogP contribution in [0.2, 0.25) is 0 Å². The van der Waals surface area contributed by atoms with Crippen LogP contribution in [0.25, 0.3) is 0 Å². The van der Waals surface area contributed by atoms with Gasteiger partial charge in [-0.05, 0) is 30.2 Å². The Morgan fingerprint density at radius 2 is 1.89 bits per heavy atom. The Labute approximate surface area is 118 Å². The van der Waals surface area contributed by atoms with E-state index in [1.54, 1.807) is 7.05 Å². The number of amides is 1. The number of halogens is 3. The van der Waals surface area contributed by atoms with Crippen LogP contribution in [0.3, 0.4) is 0 Å². The van der Waals surface area contributed by atoms with Crippen molar-refractivity contribution in [3.05, 3.63) is 35.4 Å². The molecule has 0 aliphatic carbocycles. The van der Waals surface area contributed by atoms with E-state index < -0.39 is 11.6 Å². The molecule has 0 spiro atoms. The Hall–Kier alpha value is -1.20. The van der Waals surface area contributed by atoms with E-state index in [0.29, 0.717) is 13.1 Å². The first-order chi connectivity index (χ1) is 8.26. The molecular weight excluding hydrogens is 274 g/mol. The summed E-state index contributed by atoms with van der Waals surface area (Å²) < 4.78 is 25.8. The number of nitrogens with two attached hydrogens (primary N) is 1. The molecule has 0 aliphatic heterocycles. The Kier molecular flexibility index (Phi) is 6.39. The Balaban J connectivity index is 0.00000324. The number of nitrogens with zero attached hydrogens (tertiary/aromatic N) is 1. The number of carbonyl (C=O) groups excluding carboxylic acids is 1. The van der Waals surface area contributed by atoms with Crippen LogP contribution in [0.15, 0.2) is 18.2 Å². The zero-order chi connectivity index (χ0) is 13.9. The van der Waals surface area contributed by atoms with E-state index >= 15 is 0 Å². The largest absolute Gasteiger partial charge is 0.341 e. The van der Waals surface area contributed by atoms with Crippen molar-refractivity contribution in [1.29, 1.82) is 0 Å². The lowest BCUT2D eigenvalue weighted by Crippen LogP contribution is -2.39. The summed E-state index contributed by atoms with van der Waals surface area (Å²) in [6, 6.07) is 3.13. The van der Waals surface area contributed by atoms with Crippen LogP contribution in [-0.2, 0) is 0 Å². The topological polar surface area (TPSA) is 46.3 Å². The maximum absolute atomic E-state index is 13.0. The van der Waals surface area contributed by atoms with Gasteiger partial charge in [-0.3, -0.25) is 4.79 Å². The van der Waals surface area contributed by atoms with Gasteiger partial charge in [-0.2, -0.15) is 0 Å². The second-order valence-corrected chi connectivity index (χ2v) is 5.16. The van der Waals surface area contributed by atoms with Crippen molar-refractivity contribution in [2.45, 2.75) is 13.8 Å². The molecule has 0 aliphatic rings. The predicted octanol–water partition coefficient (Wildman–Crippen LogP) is 2.44. The van der Waals surface area contributed by atoms with E-state index in [-0.39, 0.29) is 29.3 Å². The molecule has 1 amide bonds. The van der Waals surface area contributed by atoms with E-state index in [1.807, 2.05) is 13.8 Å². The number of hydrogen-bond acceptors (Lipinski definition) is 2. The van der Waals surface area contributed by atoms with E-state index in [1.165, 1.54) is 11.0 Å². The molecule has 6 heteroatoms. The van der Waals surface area contributed by atoms with Crippen LogP contribution in [0, 0.1) is 17.0 Å². The molecule has 0 saturated heterocycles. The monoisotopic (exact) mass is 292 g/mol. The zero-order valence-corrected chi connectivity index (χ0v) is 12.1. The highest BCUT2D eigenvalue weighted by Crippen LogP contribution is 2.16. The molecule has 0 saturated carbocycles. The molecule has 0 bridgehead atoms. The molecule has 19 heavy (non-hydrogen) atoms. The normalized spacial score (nSPS) is 10.8. The number of rotatable bonds is 4. The Morgan fingerprint density at radius 3 is 2.37 bits per heavy atom. The highest BCUT2D eigenvalue weighted by molar-refractivity contribution is 5.94. The van der Waals surface area contributed by atoms with Crippen molar-refractivity contribution in [2.75, 3.05) is 20.1 Å². The van der Waals surface area contributed by atoms with Gasteiger partial charge in [0.1, 0.15) is 0 Å². The van der Waals surface area contributed by atoms with Gasteiger partial charge in [-0.25, -0.2) is 8.78 Å². The van der Waals surface area contributed by atoms with Gasteiger partial charge in [0.2, 0.25) is 0 Å². The van der Waals surface area contributed by atoms with E-state index in [2.05, 4.69) is 0 Å². The van der Waals surface area contributed by atoms with Crippen molar-refractivity contribution in [3.63, 3.8) is 0 Å². The maximum Gasteiger partial charge on any atom is 0.253 e. The van der Waals surface area contributed by atoms with E-state index in [4.69, 9.17) is 5.73 Å². The van der Waals surface area contributed by atoms with Crippen molar-refractivity contribution >= 4 is 18.3 Å². The second kappa shape index (κ2) is 6.82. The summed E-state index contributed by atoms with van der Waals surface area (Å²) in [7, 11) is 1.61. The zero-order valence-electron chi connectivity index (χ0n) is 11.2. The quantitative estimate of drug-likeness (QED) is 0.926. The van der Waals surface area contributed by atoms with Gasteiger partial charge in [-0.1, -0.05) is 13.8 Å². The van der Waals surface area contributed by atoms with Gasteiger partial charge in [0.15, 0.2) is 11.6 Å². The fourth-order valence-corrected chi connectivity index (χ4v) is 1.63. The highest BCUT2D eigenvalue weighted by Gasteiger charge is 2.22. The van der Waals surface area contributed by atoms with Gasteiger partial charge in [0.05, 0.1) is 0 Å². The molecule has 0 fully saturated rings. The average Bonchev–Trinajstić information content (AvgIpc) is 2.31. The molecule has 0 aromatic heterocycles. The van der Waals surface area contributed by atoms with E-state index in [9.17, 15) is 13.6 Å². The Morgan fingerprint density at radius 1 is 1.32 bits per heavy atom. The fourth-order valence-electron chi connectivity index (χ4n) is 1.63. The Bertz CT molecular complexity index is 452. The smallest absolute Gasteiger partial charge is 0.253 e. The SMILES string of the molecule is CN(CC(C)(C)CN)C(=O)c1ccc(F)c(F)c1.Cl. The van der Waals surface area contributed by atoms with Crippen molar-refractivity contribution in [2.24, 2.45) is 11.1 Å². The molecule has 1 aromatic rings. The first-order valence-electron chi connectivity index (χ1n) is 5.67. The van der Waals surface area contributed by atoms with Crippen LogP contribution in [0.1, 0.15) is 24.2 Å². The summed E-state index contributed by atoms with van der Waals surface area (Å²) in [5.41, 5.74) is 5.50. The van der Waals surface area contributed by atoms with Crippen LogP contribution in [0.5, 0.6) is 0 Å². The van der Waals surface area contributed by atoms with Gasteiger partial charge >= 0.3 is 0 Å². The molecular formula is C13H19ClF2N2O. The third-order valence-corrected chi connectivity index (χ3v) is 2.73. The summed E-state index contributed by atoms with van der Waals surface area (Å²) in [5, 5.41) is 0. The van der Waals surface area contributed by atoms with Crippen LogP contribution < -0.4 is 5.73 Å². The molecule has 0 atom stereocenters. The standard InChI is InChI=1S/C13H18F2N2O.ClH/c1-13(2,7-16)8-17(3)12(18)9-4-5-10(14)11(15)6-9;/h4-6H,7-8,16H2,1-3H3;1H. The molecule has 0 heterocycles. The minimum absolute atomic E-state index is 0. The van der Waals surface area contributed by atoms with Gasteiger partial charge < -0.3 is 10.6 Å². The first kappa shape index (κ1) is 17.8. The van der Waals surface area contributed by atoms with Gasteiger partial charge in [0, 0.05) is 19.2 Å². The van der Waals surface area contributed by atoms with Crippen LogP contribution >= 0.6 is 12.4 Å². The lowest BCUT2D eigenvalue weighted by Gasteiger charge is -2.29. The van der Waals surface area contributed by atoms with Crippen molar-refractivity contribution in [3.8, 4) is 0 Å². The summed E-state index contributed by atoms with van der Waals surface area (Å²) in [6.07, 6.45) is 0. The van der Waals surface area contributed by atoms with Crippen molar-refractivity contribution in [1.82, 2.24) is 4.90 Å². The third kappa shape index (κ3) is 4.76. The number of benzene rings is 1. The summed E-state index contributed by atoms with van der Waals surface area (Å²) in [5.74, 6) is -2.33.